The number of aliphatic hydroxyl groups excluding tert-OH is 1. The molecule has 0 saturated heterocycles. The molecule has 5 rings (SSSR count). The summed E-state index contributed by atoms with van der Waals surface area (Å²) >= 11 is 4.22. The molecular formula is C30H37FN2O4S. The number of carbonyl (C=O) groups excluding carboxylic acids is 2. The molecule has 8 heteroatoms. The van der Waals surface area contributed by atoms with E-state index in [9.17, 15) is 19.1 Å². The van der Waals surface area contributed by atoms with Crippen molar-refractivity contribution in [1.29, 1.82) is 0 Å². The molecule has 3 saturated carbocycles. The molecule has 3 N–H and O–H groups in total. The minimum atomic E-state index is -1.32. The standard InChI is InChI=1S/C30H37FN2O4S/c1-4-25(35)37-30(27(36)38)12-11-22-21-10-5-18-13-23(33-20-8-6-19(31)7-9-20)17(16-32)14-28(18,2)26(21)24(34)15-29(22,30)3/h6-9,13,16,21-22,24,26,34H,4-5,10-12,14-15,32H2,1-3H3,(H,36,38)/t21-,22?,24?,26?,28-,29-,30-/m0/s1. The van der Waals surface area contributed by atoms with E-state index in [2.05, 4.69) is 25.6 Å². The smallest absolute Gasteiger partial charge is 0.306 e. The van der Waals surface area contributed by atoms with Crippen LogP contribution in [0.2, 0.25) is 0 Å². The number of fused-ring (bicyclic) bond motifs is 5. The Hall–Kier alpha value is -2.45. The Balaban J connectivity index is 1.52. The van der Waals surface area contributed by atoms with Crippen LogP contribution in [0.1, 0.15) is 65.7 Å². The van der Waals surface area contributed by atoms with Crippen LogP contribution in [0.3, 0.4) is 0 Å². The van der Waals surface area contributed by atoms with Gasteiger partial charge in [-0.3, -0.25) is 9.59 Å². The molecule has 3 unspecified atom stereocenters. The van der Waals surface area contributed by atoms with Crippen LogP contribution >= 0.6 is 12.6 Å². The van der Waals surface area contributed by atoms with Crippen molar-refractivity contribution >= 4 is 35.1 Å². The van der Waals surface area contributed by atoms with Gasteiger partial charge in [0.25, 0.3) is 0 Å². The first-order valence-corrected chi connectivity index (χ1v) is 14.0. The van der Waals surface area contributed by atoms with Gasteiger partial charge in [-0.05, 0) is 104 Å². The van der Waals surface area contributed by atoms with Gasteiger partial charge in [-0.25, -0.2) is 9.38 Å². The van der Waals surface area contributed by atoms with E-state index in [1.165, 1.54) is 17.7 Å². The Bertz CT molecular complexity index is 1240. The highest BCUT2D eigenvalue weighted by molar-refractivity contribution is 7.96. The predicted molar refractivity (Wildman–Crippen MR) is 147 cm³/mol. The van der Waals surface area contributed by atoms with Gasteiger partial charge in [0.1, 0.15) is 5.82 Å². The largest absolute Gasteiger partial charge is 0.449 e. The molecule has 7 atom stereocenters. The van der Waals surface area contributed by atoms with E-state index in [0.29, 0.717) is 24.9 Å². The average Bonchev–Trinajstić information content (AvgIpc) is 3.17. The van der Waals surface area contributed by atoms with Crippen molar-refractivity contribution < 1.29 is 23.8 Å². The predicted octanol–water partition coefficient (Wildman–Crippen LogP) is 5.43. The highest BCUT2D eigenvalue weighted by Crippen LogP contribution is 2.68. The van der Waals surface area contributed by atoms with Crippen LogP contribution in [0.25, 0.3) is 0 Å². The zero-order chi connectivity index (χ0) is 27.5. The molecule has 1 aromatic rings. The summed E-state index contributed by atoms with van der Waals surface area (Å²) in [6, 6.07) is 6.07. The lowest BCUT2D eigenvalue weighted by Crippen LogP contribution is -2.62. The average molecular weight is 541 g/mol. The molecule has 4 aliphatic rings. The third-order valence-electron chi connectivity index (χ3n) is 10.2. The number of hydrogen-bond donors (Lipinski definition) is 3. The van der Waals surface area contributed by atoms with Gasteiger partial charge in [0.15, 0.2) is 5.60 Å². The fourth-order valence-corrected chi connectivity index (χ4v) is 8.82. The lowest BCUT2D eigenvalue weighted by molar-refractivity contribution is -0.196. The van der Waals surface area contributed by atoms with Gasteiger partial charge in [-0.2, -0.15) is 0 Å². The van der Waals surface area contributed by atoms with Crippen LogP contribution in [-0.4, -0.2) is 33.6 Å². The Kier molecular flexibility index (Phi) is 6.87. The lowest BCUT2D eigenvalue weighted by Gasteiger charge is -2.60. The molecule has 0 aliphatic heterocycles. The van der Waals surface area contributed by atoms with Gasteiger partial charge in [-0.1, -0.05) is 26.3 Å². The SMILES string of the molecule is CCC(=O)O[C@]1(C(=O)S)CCC2[C@@H]3CCC4=CC(=Nc5ccc(F)cc5)C(=CN)C[C@]4(C)C3C(O)C[C@@]21C. The molecule has 6 nitrogen and oxygen atoms in total. The monoisotopic (exact) mass is 540 g/mol. The third-order valence-corrected chi connectivity index (χ3v) is 10.5. The topological polar surface area (TPSA) is 102 Å². The molecule has 0 heterocycles. The van der Waals surface area contributed by atoms with E-state index in [4.69, 9.17) is 15.5 Å². The second-order valence-corrected chi connectivity index (χ2v) is 12.4. The van der Waals surface area contributed by atoms with Crippen LogP contribution in [0.4, 0.5) is 10.1 Å². The van der Waals surface area contributed by atoms with E-state index < -0.39 is 28.2 Å². The van der Waals surface area contributed by atoms with Crippen molar-refractivity contribution in [3.8, 4) is 0 Å². The molecule has 204 valence electrons. The number of hydrogen-bond acceptors (Lipinski definition) is 6. The Morgan fingerprint density at radius 3 is 2.61 bits per heavy atom. The first kappa shape index (κ1) is 27.1. The quantitative estimate of drug-likeness (QED) is 0.349. The number of aliphatic hydroxyl groups is 1. The molecule has 3 fully saturated rings. The number of nitrogens with zero attached hydrogens (tertiary/aromatic N) is 1. The Morgan fingerprint density at radius 1 is 1.26 bits per heavy atom. The second kappa shape index (κ2) is 9.63. The molecule has 0 bridgehead atoms. The number of carbonyl (C=O) groups is 2. The molecular weight excluding hydrogens is 503 g/mol. The third kappa shape index (κ3) is 3.98. The zero-order valence-corrected chi connectivity index (χ0v) is 23.1. The van der Waals surface area contributed by atoms with Crippen LogP contribution < -0.4 is 5.73 Å². The first-order chi connectivity index (χ1) is 18.0. The van der Waals surface area contributed by atoms with Gasteiger partial charge < -0.3 is 15.6 Å². The van der Waals surface area contributed by atoms with Crippen molar-refractivity contribution in [2.45, 2.75) is 77.4 Å². The molecule has 4 aliphatic carbocycles. The minimum Gasteiger partial charge on any atom is -0.449 e. The number of ether oxygens (including phenoxy) is 1. The minimum absolute atomic E-state index is 0.0319. The Morgan fingerprint density at radius 2 is 1.97 bits per heavy atom. The van der Waals surface area contributed by atoms with Gasteiger partial charge in [-0.15, -0.1) is 12.6 Å². The van der Waals surface area contributed by atoms with E-state index >= 15 is 0 Å². The number of aliphatic imine (C=N–C) groups is 1. The zero-order valence-electron chi connectivity index (χ0n) is 22.2. The summed E-state index contributed by atoms with van der Waals surface area (Å²) in [6.07, 6.45) is 7.08. The summed E-state index contributed by atoms with van der Waals surface area (Å²) in [6.45, 7) is 5.94. The normalized spacial score (nSPS) is 40.2. The molecule has 1 aromatic carbocycles. The van der Waals surface area contributed by atoms with Crippen molar-refractivity contribution in [2.24, 2.45) is 39.3 Å². The summed E-state index contributed by atoms with van der Waals surface area (Å²) in [4.78, 5) is 30.1. The number of rotatable bonds is 4. The summed E-state index contributed by atoms with van der Waals surface area (Å²) in [5.74, 6) is -0.472. The van der Waals surface area contributed by atoms with Crippen molar-refractivity contribution in [1.82, 2.24) is 0 Å². The highest BCUT2D eigenvalue weighted by atomic mass is 32.1. The van der Waals surface area contributed by atoms with Gasteiger partial charge in [0, 0.05) is 11.8 Å². The highest BCUT2D eigenvalue weighted by Gasteiger charge is 2.70. The van der Waals surface area contributed by atoms with Crippen LogP contribution in [0.15, 0.2) is 52.7 Å². The molecule has 0 aromatic heterocycles. The van der Waals surface area contributed by atoms with Crippen molar-refractivity contribution in [2.75, 3.05) is 0 Å². The van der Waals surface area contributed by atoms with Gasteiger partial charge >= 0.3 is 5.97 Å². The number of benzene rings is 1. The van der Waals surface area contributed by atoms with E-state index in [0.717, 1.165) is 30.5 Å². The number of halogens is 1. The number of nitrogens with two attached hydrogens (primary N) is 1. The molecule has 0 amide bonds. The fourth-order valence-electron chi connectivity index (χ4n) is 8.41. The Labute approximate surface area is 229 Å². The second-order valence-electron chi connectivity index (χ2n) is 12.0. The first-order valence-electron chi connectivity index (χ1n) is 13.6. The number of allylic oxidation sites excluding steroid dienone is 3. The summed E-state index contributed by atoms with van der Waals surface area (Å²) in [5.41, 5.74) is 7.32. The van der Waals surface area contributed by atoms with E-state index in [1.807, 2.05) is 6.92 Å². The summed E-state index contributed by atoms with van der Waals surface area (Å²) in [7, 11) is 0. The summed E-state index contributed by atoms with van der Waals surface area (Å²) in [5, 5.41) is 11.4. The van der Waals surface area contributed by atoms with E-state index in [1.54, 1.807) is 25.3 Å². The van der Waals surface area contributed by atoms with Crippen LogP contribution in [-0.2, 0) is 14.3 Å². The van der Waals surface area contributed by atoms with Crippen LogP contribution in [0.5, 0.6) is 0 Å². The maximum atomic E-state index is 13.4. The molecule has 0 spiro atoms. The van der Waals surface area contributed by atoms with Gasteiger partial charge in [0.2, 0.25) is 5.12 Å². The van der Waals surface area contributed by atoms with E-state index in [-0.39, 0.29) is 35.4 Å². The number of thiol groups is 1. The maximum Gasteiger partial charge on any atom is 0.306 e. The molecule has 38 heavy (non-hydrogen) atoms. The summed E-state index contributed by atoms with van der Waals surface area (Å²) < 4.78 is 19.3. The van der Waals surface area contributed by atoms with Crippen molar-refractivity contribution in [3.05, 3.63) is 53.5 Å². The van der Waals surface area contributed by atoms with Crippen LogP contribution in [0, 0.1) is 34.4 Å². The number of esters is 1. The molecule has 0 radical (unpaired) electrons. The maximum absolute atomic E-state index is 13.4. The fraction of sp³-hybridized carbons (Fsp3) is 0.567. The van der Waals surface area contributed by atoms with Crippen molar-refractivity contribution in [3.63, 3.8) is 0 Å². The lowest BCUT2D eigenvalue weighted by atomic mass is 9.45. The van der Waals surface area contributed by atoms with Gasteiger partial charge in [0.05, 0.1) is 17.5 Å².